The number of aromatic nitrogens is 1. The summed E-state index contributed by atoms with van der Waals surface area (Å²) < 4.78 is 13.3. The summed E-state index contributed by atoms with van der Waals surface area (Å²) in [4.78, 5) is 11.8. The first-order valence-electron chi connectivity index (χ1n) is 6.41. The second-order valence-electron chi connectivity index (χ2n) is 4.55. The van der Waals surface area contributed by atoms with Crippen molar-refractivity contribution in [2.45, 2.75) is 6.54 Å². The zero-order chi connectivity index (χ0) is 14.8. The zero-order valence-electron chi connectivity index (χ0n) is 11.1. The minimum absolute atomic E-state index is 0.376. The number of anilines is 1. The minimum Gasteiger partial charge on any atom is -0.492 e. The average molecular weight is 349 g/mol. The molecule has 0 atom stereocenters. The summed E-state index contributed by atoms with van der Waals surface area (Å²) in [6.45, 7) is 0.784. The number of benzene rings is 2. The van der Waals surface area contributed by atoms with Crippen molar-refractivity contribution in [1.29, 1.82) is 0 Å². The number of nitrogens with zero attached hydrogens (tertiary/aromatic N) is 1. The van der Waals surface area contributed by atoms with Gasteiger partial charge in [0.25, 0.3) is 0 Å². The monoisotopic (exact) mass is 348 g/mol. The molecule has 0 unspecified atom stereocenters. The standard InChI is InChI=1S/C15H13BrN2O3/c16-10-1-4-12(5-2-10)20-8-7-18-13-6-3-11(17)9-14(13)21-15(18)19/h1-6,9H,7-8,17H2. The van der Waals surface area contributed by atoms with Crippen molar-refractivity contribution in [1.82, 2.24) is 4.57 Å². The quantitative estimate of drug-likeness (QED) is 0.735. The molecule has 2 N–H and O–H groups in total. The maximum Gasteiger partial charge on any atom is 0.420 e. The predicted octanol–water partition coefficient (Wildman–Crippen LogP) is 3.02. The highest BCUT2D eigenvalue weighted by Gasteiger charge is 2.09. The van der Waals surface area contributed by atoms with Gasteiger partial charge in [0.1, 0.15) is 12.4 Å². The molecular formula is C15H13BrN2O3. The molecule has 21 heavy (non-hydrogen) atoms. The van der Waals surface area contributed by atoms with E-state index < -0.39 is 5.76 Å². The third-order valence-electron chi connectivity index (χ3n) is 3.09. The highest BCUT2D eigenvalue weighted by atomic mass is 79.9. The molecule has 5 nitrogen and oxygen atoms in total. The summed E-state index contributed by atoms with van der Waals surface area (Å²) in [7, 11) is 0. The Balaban J connectivity index is 1.75. The van der Waals surface area contributed by atoms with Gasteiger partial charge >= 0.3 is 5.76 Å². The normalized spacial score (nSPS) is 10.9. The van der Waals surface area contributed by atoms with Gasteiger partial charge in [-0.25, -0.2) is 4.79 Å². The average Bonchev–Trinajstić information content (AvgIpc) is 2.76. The van der Waals surface area contributed by atoms with Gasteiger partial charge < -0.3 is 14.9 Å². The maximum atomic E-state index is 11.8. The fourth-order valence-corrected chi connectivity index (χ4v) is 2.34. The summed E-state index contributed by atoms with van der Waals surface area (Å²) in [5.41, 5.74) is 7.44. The number of nitrogens with two attached hydrogens (primary N) is 1. The van der Waals surface area contributed by atoms with Crippen molar-refractivity contribution < 1.29 is 9.15 Å². The number of ether oxygens (including phenoxy) is 1. The van der Waals surface area contributed by atoms with Crippen LogP contribution in [-0.2, 0) is 6.54 Å². The van der Waals surface area contributed by atoms with E-state index in [0.717, 1.165) is 10.2 Å². The molecule has 0 saturated carbocycles. The van der Waals surface area contributed by atoms with E-state index in [2.05, 4.69) is 15.9 Å². The molecule has 3 rings (SSSR count). The molecule has 0 aliphatic rings. The zero-order valence-corrected chi connectivity index (χ0v) is 12.7. The van der Waals surface area contributed by atoms with Crippen LogP contribution in [0.2, 0.25) is 0 Å². The molecule has 6 heteroatoms. The predicted molar refractivity (Wildman–Crippen MR) is 84.5 cm³/mol. The summed E-state index contributed by atoms with van der Waals surface area (Å²) in [6, 6.07) is 12.7. The summed E-state index contributed by atoms with van der Waals surface area (Å²) in [5.74, 6) is 0.346. The Morgan fingerprint density at radius 3 is 2.71 bits per heavy atom. The third-order valence-corrected chi connectivity index (χ3v) is 3.62. The lowest BCUT2D eigenvalue weighted by Crippen LogP contribution is -2.18. The van der Waals surface area contributed by atoms with Crippen LogP contribution >= 0.6 is 15.9 Å². The van der Waals surface area contributed by atoms with Crippen LogP contribution in [0.4, 0.5) is 5.69 Å². The molecule has 0 aliphatic carbocycles. The number of halogens is 1. The van der Waals surface area contributed by atoms with Crippen molar-refractivity contribution >= 4 is 32.7 Å². The van der Waals surface area contributed by atoms with Crippen LogP contribution in [0.25, 0.3) is 11.1 Å². The molecule has 1 aromatic heterocycles. The van der Waals surface area contributed by atoms with Crippen LogP contribution in [0.5, 0.6) is 5.75 Å². The lowest BCUT2D eigenvalue weighted by Gasteiger charge is -2.06. The fraction of sp³-hybridized carbons (Fsp3) is 0.133. The van der Waals surface area contributed by atoms with Crippen molar-refractivity contribution in [3.8, 4) is 5.75 Å². The van der Waals surface area contributed by atoms with Gasteiger partial charge in [-0.2, -0.15) is 0 Å². The Labute approximate surface area is 129 Å². The van der Waals surface area contributed by atoms with Crippen LogP contribution < -0.4 is 16.2 Å². The highest BCUT2D eigenvalue weighted by Crippen LogP contribution is 2.18. The van der Waals surface area contributed by atoms with Gasteiger partial charge in [-0.15, -0.1) is 0 Å². The van der Waals surface area contributed by atoms with E-state index in [0.29, 0.717) is 29.9 Å². The van der Waals surface area contributed by atoms with Crippen LogP contribution in [0.1, 0.15) is 0 Å². The number of fused-ring (bicyclic) bond motifs is 1. The van der Waals surface area contributed by atoms with E-state index in [9.17, 15) is 4.79 Å². The first kappa shape index (κ1) is 13.8. The van der Waals surface area contributed by atoms with Crippen LogP contribution in [0.15, 0.2) is 56.1 Å². The third kappa shape index (κ3) is 2.95. The number of nitrogen functional groups attached to an aromatic ring is 1. The molecule has 0 spiro atoms. The summed E-state index contributed by atoms with van der Waals surface area (Å²) in [6.07, 6.45) is 0. The first-order valence-corrected chi connectivity index (χ1v) is 7.20. The van der Waals surface area contributed by atoms with Crippen molar-refractivity contribution in [2.75, 3.05) is 12.3 Å². The van der Waals surface area contributed by atoms with E-state index in [-0.39, 0.29) is 0 Å². The van der Waals surface area contributed by atoms with Gasteiger partial charge in [-0.1, -0.05) is 15.9 Å². The Kier molecular flexibility index (Phi) is 3.70. The molecular weight excluding hydrogens is 336 g/mol. The van der Waals surface area contributed by atoms with Crippen LogP contribution in [-0.4, -0.2) is 11.2 Å². The molecule has 0 amide bonds. The van der Waals surface area contributed by atoms with Crippen LogP contribution in [0, 0.1) is 0 Å². The number of hydrogen-bond donors (Lipinski definition) is 1. The van der Waals surface area contributed by atoms with Gasteiger partial charge in [0.2, 0.25) is 0 Å². The minimum atomic E-state index is -0.407. The van der Waals surface area contributed by atoms with E-state index in [1.165, 1.54) is 4.57 Å². The molecule has 0 radical (unpaired) electrons. The second-order valence-corrected chi connectivity index (χ2v) is 5.46. The first-order chi connectivity index (χ1) is 10.1. The topological polar surface area (TPSA) is 70.4 Å². The number of rotatable bonds is 4. The molecule has 0 saturated heterocycles. The van der Waals surface area contributed by atoms with Crippen molar-refractivity contribution in [3.63, 3.8) is 0 Å². The molecule has 0 fully saturated rings. The number of hydrogen-bond acceptors (Lipinski definition) is 4. The van der Waals surface area contributed by atoms with Crippen molar-refractivity contribution in [3.05, 3.63) is 57.5 Å². The van der Waals surface area contributed by atoms with Gasteiger partial charge in [0.15, 0.2) is 5.58 Å². The van der Waals surface area contributed by atoms with E-state index in [1.54, 1.807) is 18.2 Å². The summed E-state index contributed by atoms with van der Waals surface area (Å²) >= 11 is 3.36. The van der Waals surface area contributed by atoms with E-state index in [4.69, 9.17) is 14.9 Å². The Hall–Kier alpha value is -2.21. The number of oxazole rings is 1. The lowest BCUT2D eigenvalue weighted by atomic mass is 10.3. The van der Waals surface area contributed by atoms with Gasteiger partial charge in [-0.05, 0) is 36.4 Å². The SMILES string of the molecule is Nc1ccc2c(c1)oc(=O)n2CCOc1ccc(Br)cc1. The Bertz CT molecular complexity index is 821. The Morgan fingerprint density at radius 1 is 1.19 bits per heavy atom. The maximum absolute atomic E-state index is 11.8. The molecule has 108 valence electrons. The van der Waals surface area contributed by atoms with Gasteiger partial charge in [0.05, 0.1) is 12.1 Å². The van der Waals surface area contributed by atoms with E-state index >= 15 is 0 Å². The molecule has 2 aromatic carbocycles. The van der Waals surface area contributed by atoms with Gasteiger partial charge in [-0.3, -0.25) is 4.57 Å². The molecule has 3 aromatic rings. The lowest BCUT2D eigenvalue weighted by molar-refractivity contribution is 0.294. The second kappa shape index (κ2) is 5.65. The van der Waals surface area contributed by atoms with E-state index in [1.807, 2.05) is 24.3 Å². The summed E-state index contributed by atoms with van der Waals surface area (Å²) in [5, 5.41) is 0. The van der Waals surface area contributed by atoms with Crippen LogP contribution in [0.3, 0.4) is 0 Å². The molecule has 0 aliphatic heterocycles. The fourth-order valence-electron chi connectivity index (χ4n) is 2.08. The smallest absolute Gasteiger partial charge is 0.420 e. The highest BCUT2D eigenvalue weighted by molar-refractivity contribution is 9.10. The Morgan fingerprint density at radius 2 is 1.95 bits per heavy atom. The molecule has 0 bridgehead atoms. The van der Waals surface area contributed by atoms with Gasteiger partial charge in [0, 0.05) is 16.2 Å². The van der Waals surface area contributed by atoms with Crippen molar-refractivity contribution in [2.24, 2.45) is 0 Å². The largest absolute Gasteiger partial charge is 0.492 e. The molecule has 1 heterocycles.